The highest BCUT2D eigenvalue weighted by molar-refractivity contribution is 9.10. The van der Waals surface area contributed by atoms with Crippen LogP contribution in [-0.2, 0) is 0 Å². The molecule has 0 saturated heterocycles. The van der Waals surface area contributed by atoms with Crippen molar-refractivity contribution < 1.29 is 0 Å². The van der Waals surface area contributed by atoms with Crippen LogP contribution in [0.2, 0.25) is 0 Å². The molecule has 0 aliphatic heterocycles. The Balaban J connectivity index is 2.97. The molecule has 0 atom stereocenters. The summed E-state index contributed by atoms with van der Waals surface area (Å²) in [6.07, 6.45) is 0.804. The maximum atomic E-state index is 5.31. The number of nitrogens with two attached hydrogens (primary N) is 1. The number of thiocarbonyl (C=S) groups is 1. The lowest BCUT2D eigenvalue weighted by molar-refractivity contribution is 1.01. The number of nitrogens with one attached hydrogen (secondary N) is 1. The van der Waals surface area contributed by atoms with Crippen molar-refractivity contribution in [2.45, 2.75) is 13.3 Å². The highest BCUT2D eigenvalue weighted by Crippen LogP contribution is 2.17. The van der Waals surface area contributed by atoms with E-state index in [9.17, 15) is 0 Å². The first kappa shape index (κ1) is 12.1. The molecule has 0 amide bonds. The molecule has 3 nitrogen and oxygen atoms in total. The van der Waals surface area contributed by atoms with E-state index < -0.39 is 0 Å². The van der Waals surface area contributed by atoms with Crippen LogP contribution in [0.1, 0.15) is 18.9 Å². The zero-order chi connectivity index (χ0) is 11.3. The maximum absolute atomic E-state index is 5.31. The fourth-order valence-electron chi connectivity index (χ4n) is 1.15. The van der Waals surface area contributed by atoms with Crippen LogP contribution in [0.5, 0.6) is 0 Å². The largest absolute Gasteiger partial charge is 0.375 e. The van der Waals surface area contributed by atoms with E-state index in [1.807, 2.05) is 31.2 Å². The lowest BCUT2D eigenvalue weighted by Gasteiger charge is -2.06. The lowest BCUT2D eigenvalue weighted by atomic mass is 10.1. The van der Waals surface area contributed by atoms with Gasteiger partial charge in [-0.1, -0.05) is 41.1 Å². The molecule has 0 radical (unpaired) electrons. The Morgan fingerprint density at radius 3 is 2.73 bits per heavy atom. The van der Waals surface area contributed by atoms with Gasteiger partial charge in [-0.2, -0.15) is 5.10 Å². The number of halogens is 1. The Labute approximate surface area is 103 Å². The fraction of sp³-hybridized carbons (Fsp3) is 0.200. The number of hydrogen-bond acceptors (Lipinski definition) is 2. The highest BCUT2D eigenvalue weighted by atomic mass is 79.9. The van der Waals surface area contributed by atoms with Gasteiger partial charge in [0.05, 0.1) is 5.71 Å². The Morgan fingerprint density at radius 2 is 2.20 bits per heavy atom. The second-order valence-electron chi connectivity index (χ2n) is 2.87. The highest BCUT2D eigenvalue weighted by Gasteiger charge is 2.04. The van der Waals surface area contributed by atoms with E-state index >= 15 is 0 Å². The van der Waals surface area contributed by atoms with Crippen LogP contribution in [-0.4, -0.2) is 10.8 Å². The van der Waals surface area contributed by atoms with Crippen LogP contribution in [0, 0.1) is 0 Å². The average molecular weight is 286 g/mol. The van der Waals surface area contributed by atoms with E-state index in [1.54, 1.807) is 0 Å². The molecule has 0 heterocycles. The number of hydrogen-bond donors (Lipinski definition) is 2. The first-order valence-corrected chi connectivity index (χ1v) is 5.72. The van der Waals surface area contributed by atoms with Crippen molar-refractivity contribution in [1.82, 2.24) is 5.43 Å². The van der Waals surface area contributed by atoms with Crippen molar-refractivity contribution in [1.29, 1.82) is 0 Å². The van der Waals surface area contributed by atoms with Crippen molar-refractivity contribution in [3.63, 3.8) is 0 Å². The molecule has 3 N–H and O–H groups in total. The molecule has 15 heavy (non-hydrogen) atoms. The minimum atomic E-state index is 0.174. The quantitative estimate of drug-likeness (QED) is 0.509. The van der Waals surface area contributed by atoms with Crippen molar-refractivity contribution in [2.24, 2.45) is 10.8 Å². The molecule has 0 aromatic heterocycles. The molecule has 0 spiro atoms. The summed E-state index contributed by atoms with van der Waals surface area (Å²) < 4.78 is 1.01. The molecule has 80 valence electrons. The fourth-order valence-corrected chi connectivity index (χ4v) is 1.71. The molecule has 0 bridgehead atoms. The van der Waals surface area contributed by atoms with Gasteiger partial charge >= 0.3 is 0 Å². The molecule has 0 saturated carbocycles. The monoisotopic (exact) mass is 285 g/mol. The van der Waals surface area contributed by atoms with E-state index in [4.69, 9.17) is 18.0 Å². The second-order valence-corrected chi connectivity index (χ2v) is 4.16. The Kier molecular flexibility index (Phi) is 4.71. The summed E-state index contributed by atoms with van der Waals surface area (Å²) >= 11 is 8.16. The van der Waals surface area contributed by atoms with Gasteiger partial charge in [0.15, 0.2) is 5.11 Å². The zero-order valence-electron chi connectivity index (χ0n) is 8.33. The first-order chi connectivity index (χ1) is 7.15. The van der Waals surface area contributed by atoms with Gasteiger partial charge in [0, 0.05) is 10.0 Å². The lowest BCUT2D eigenvalue weighted by Crippen LogP contribution is -2.25. The van der Waals surface area contributed by atoms with Crippen molar-refractivity contribution >= 4 is 39.0 Å². The predicted molar refractivity (Wildman–Crippen MR) is 70.9 cm³/mol. The molecular formula is C10H12BrN3S. The summed E-state index contributed by atoms with van der Waals surface area (Å²) in [5.41, 5.74) is 9.87. The summed E-state index contributed by atoms with van der Waals surface area (Å²) in [6, 6.07) is 7.89. The third kappa shape index (κ3) is 3.60. The molecule has 1 aromatic rings. The molecule has 5 heteroatoms. The van der Waals surface area contributed by atoms with Gasteiger partial charge in [0.1, 0.15) is 0 Å². The molecule has 1 rings (SSSR count). The maximum Gasteiger partial charge on any atom is 0.184 e. The van der Waals surface area contributed by atoms with E-state index in [0.717, 1.165) is 22.2 Å². The number of benzene rings is 1. The third-order valence-electron chi connectivity index (χ3n) is 1.82. The summed E-state index contributed by atoms with van der Waals surface area (Å²) in [6.45, 7) is 2.03. The average Bonchev–Trinajstić information content (AvgIpc) is 2.21. The van der Waals surface area contributed by atoms with Gasteiger partial charge in [-0.25, -0.2) is 0 Å². The molecule has 1 aromatic carbocycles. The van der Waals surface area contributed by atoms with Crippen LogP contribution in [0.25, 0.3) is 0 Å². The Morgan fingerprint density at radius 1 is 1.53 bits per heavy atom. The number of nitrogens with zero attached hydrogens (tertiary/aromatic N) is 1. The van der Waals surface area contributed by atoms with Crippen molar-refractivity contribution in [2.75, 3.05) is 0 Å². The Bertz CT molecular complexity index is 390. The van der Waals surface area contributed by atoms with Gasteiger partial charge in [-0.3, -0.25) is 5.43 Å². The summed E-state index contributed by atoms with van der Waals surface area (Å²) in [7, 11) is 0. The minimum Gasteiger partial charge on any atom is -0.375 e. The molecule has 0 unspecified atom stereocenters. The minimum absolute atomic E-state index is 0.174. The van der Waals surface area contributed by atoms with E-state index in [-0.39, 0.29) is 5.11 Å². The van der Waals surface area contributed by atoms with Crippen molar-refractivity contribution in [3.05, 3.63) is 34.3 Å². The SMILES string of the molecule is CC/C(=N\NC(N)=S)c1ccccc1Br. The normalized spacial score (nSPS) is 11.2. The van der Waals surface area contributed by atoms with E-state index in [0.29, 0.717) is 0 Å². The van der Waals surface area contributed by atoms with Gasteiger partial charge in [-0.15, -0.1) is 0 Å². The summed E-state index contributed by atoms with van der Waals surface area (Å²) in [4.78, 5) is 0. The molecule has 0 aliphatic rings. The first-order valence-electron chi connectivity index (χ1n) is 4.52. The van der Waals surface area contributed by atoms with E-state index in [1.165, 1.54) is 0 Å². The van der Waals surface area contributed by atoms with Crippen molar-refractivity contribution in [3.8, 4) is 0 Å². The summed E-state index contributed by atoms with van der Waals surface area (Å²) in [5.74, 6) is 0. The van der Waals surface area contributed by atoms with Gasteiger partial charge in [0.2, 0.25) is 0 Å². The van der Waals surface area contributed by atoms with Crippen LogP contribution in [0.3, 0.4) is 0 Å². The topological polar surface area (TPSA) is 50.4 Å². The van der Waals surface area contributed by atoms with Crippen LogP contribution in [0.4, 0.5) is 0 Å². The van der Waals surface area contributed by atoms with Gasteiger partial charge in [-0.05, 0) is 24.7 Å². The number of hydrazone groups is 1. The number of rotatable bonds is 3. The van der Waals surface area contributed by atoms with Crippen LogP contribution < -0.4 is 11.2 Å². The van der Waals surface area contributed by atoms with Gasteiger partial charge in [0.25, 0.3) is 0 Å². The van der Waals surface area contributed by atoms with Gasteiger partial charge < -0.3 is 5.73 Å². The Hall–Kier alpha value is -0.940. The molecular weight excluding hydrogens is 274 g/mol. The zero-order valence-corrected chi connectivity index (χ0v) is 10.7. The third-order valence-corrected chi connectivity index (χ3v) is 2.60. The molecule has 0 aliphatic carbocycles. The predicted octanol–water partition coefficient (Wildman–Crippen LogP) is 2.40. The molecule has 0 fully saturated rings. The summed E-state index contributed by atoms with van der Waals surface area (Å²) in [5, 5.41) is 4.32. The van der Waals surface area contributed by atoms with Crippen LogP contribution >= 0.6 is 28.1 Å². The smallest absolute Gasteiger partial charge is 0.184 e. The van der Waals surface area contributed by atoms with Crippen LogP contribution in [0.15, 0.2) is 33.8 Å². The van der Waals surface area contributed by atoms with E-state index in [2.05, 4.69) is 26.5 Å². The standard InChI is InChI=1S/C10H12BrN3S/c1-2-9(13-14-10(12)15)7-5-3-4-6-8(7)11/h3-6H,2H2,1H3,(H3,12,14,15)/b13-9+. The second kappa shape index (κ2) is 5.82.